The number of rotatable bonds is 9. The van der Waals surface area contributed by atoms with Crippen LogP contribution in [-0.2, 0) is 4.74 Å². The highest BCUT2D eigenvalue weighted by molar-refractivity contribution is 6.30. The van der Waals surface area contributed by atoms with Gasteiger partial charge in [-0.2, -0.15) is 0 Å². The number of fused-ring (bicyclic) bond motifs is 1. The van der Waals surface area contributed by atoms with Gasteiger partial charge in [0.15, 0.2) is 5.58 Å². The first-order valence-electron chi connectivity index (χ1n) is 13.5. The summed E-state index contributed by atoms with van der Waals surface area (Å²) in [5, 5.41) is 3.62. The van der Waals surface area contributed by atoms with Crippen molar-refractivity contribution >= 4 is 28.8 Å². The minimum Gasteiger partial charge on any atom is -0.494 e. The van der Waals surface area contributed by atoms with E-state index in [1.165, 1.54) is 0 Å². The Morgan fingerprint density at radius 1 is 1.05 bits per heavy atom. The lowest BCUT2D eigenvalue weighted by molar-refractivity contribution is 0.0505. The Morgan fingerprint density at radius 3 is 2.52 bits per heavy atom. The highest BCUT2D eigenvalue weighted by Crippen LogP contribution is 2.30. The predicted octanol–water partition coefficient (Wildman–Crippen LogP) is 7.31. The second-order valence-corrected chi connectivity index (χ2v) is 11.3. The Hall–Kier alpha value is -3.75. The second kappa shape index (κ2) is 12.2. The fourth-order valence-corrected chi connectivity index (χ4v) is 4.66. The van der Waals surface area contributed by atoms with Gasteiger partial charge in [-0.1, -0.05) is 11.6 Å². The first-order valence-corrected chi connectivity index (χ1v) is 13.9. The van der Waals surface area contributed by atoms with E-state index < -0.39 is 5.60 Å². The summed E-state index contributed by atoms with van der Waals surface area (Å²) in [6, 6.07) is 20.6. The van der Waals surface area contributed by atoms with Gasteiger partial charge in [0.2, 0.25) is 5.89 Å². The molecule has 4 aromatic rings. The smallest absolute Gasteiger partial charge is 0.407 e. The van der Waals surface area contributed by atoms with Gasteiger partial charge in [-0.05, 0) is 94.3 Å². The van der Waals surface area contributed by atoms with Crippen molar-refractivity contribution in [3.8, 4) is 28.7 Å². The van der Waals surface area contributed by atoms with E-state index in [1.807, 2.05) is 75.4 Å². The average Bonchev–Trinajstić information content (AvgIpc) is 3.53. The molecule has 0 radical (unpaired) electrons. The van der Waals surface area contributed by atoms with E-state index in [1.54, 1.807) is 12.1 Å². The molecular formula is C31H34ClN3O5. The molecule has 1 saturated heterocycles. The van der Waals surface area contributed by atoms with E-state index in [4.69, 9.17) is 30.2 Å². The van der Waals surface area contributed by atoms with Crippen LogP contribution >= 0.6 is 11.6 Å². The molecular weight excluding hydrogens is 530 g/mol. The lowest BCUT2D eigenvalue weighted by atomic mass is 10.2. The van der Waals surface area contributed by atoms with Crippen molar-refractivity contribution in [1.82, 2.24) is 15.2 Å². The maximum Gasteiger partial charge on any atom is 0.407 e. The molecule has 1 amide bonds. The standard InChI is InChI=1S/C31H34ClN3O5/c1-31(2,3)40-30(36)33-23-15-17-35(20-23)16-4-18-37-24-9-5-21(6-10-24)29-34-27-19-26(13-14-28(27)39-29)38-25-11-7-22(32)8-12-25/h5-14,19,23H,4,15-18,20H2,1-3H3,(H,33,36)/t23-/m1/s1. The van der Waals surface area contributed by atoms with E-state index in [9.17, 15) is 4.79 Å². The SMILES string of the molecule is CC(C)(C)OC(=O)N[C@@H]1CCN(CCCOc2ccc(-c3nc4cc(Oc5ccc(Cl)cc5)ccc4o3)cc2)C1. The maximum absolute atomic E-state index is 12.0. The van der Waals surface area contributed by atoms with E-state index in [0.717, 1.165) is 43.8 Å². The molecule has 210 valence electrons. The molecule has 40 heavy (non-hydrogen) atoms. The lowest BCUT2D eigenvalue weighted by Gasteiger charge is -2.22. The minimum atomic E-state index is -0.487. The van der Waals surface area contributed by atoms with E-state index in [0.29, 0.717) is 40.1 Å². The number of halogens is 1. The molecule has 1 aromatic heterocycles. The van der Waals surface area contributed by atoms with Crippen LogP contribution in [-0.4, -0.2) is 53.9 Å². The van der Waals surface area contributed by atoms with Gasteiger partial charge in [0.25, 0.3) is 0 Å². The molecule has 0 unspecified atom stereocenters. The number of carbonyl (C=O) groups is 1. The Kier molecular flexibility index (Phi) is 8.47. The number of oxazole rings is 1. The van der Waals surface area contributed by atoms with Crippen molar-refractivity contribution in [2.45, 2.75) is 45.3 Å². The molecule has 1 aliphatic rings. The molecule has 0 bridgehead atoms. The number of hydrogen-bond donors (Lipinski definition) is 1. The molecule has 0 saturated carbocycles. The number of amides is 1. The molecule has 0 aliphatic carbocycles. The summed E-state index contributed by atoms with van der Waals surface area (Å²) in [5.41, 5.74) is 1.78. The van der Waals surface area contributed by atoms with Crippen molar-refractivity contribution in [2.75, 3.05) is 26.2 Å². The largest absolute Gasteiger partial charge is 0.494 e. The van der Waals surface area contributed by atoms with Crippen LogP contribution in [0.5, 0.6) is 17.2 Å². The van der Waals surface area contributed by atoms with Crippen LogP contribution in [0.15, 0.2) is 71.1 Å². The fourth-order valence-electron chi connectivity index (χ4n) is 4.53. The monoisotopic (exact) mass is 563 g/mol. The van der Waals surface area contributed by atoms with Crippen LogP contribution < -0.4 is 14.8 Å². The van der Waals surface area contributed by atoms with Gasteiger partial charge in [0.05, 0.1) is 6.61 Å². The van der Waals surface area contributed by atoms with E-state index >= 15 is 0 Å². The lowest BCUT2D eigenvalue weighted by Crippen LogP contribution is -2.40. The first-order chi connectivity index (χ1) is 19.2. The summed E-state index contributed by atoms with van der Waals surface area (Å²) >= 11 is 5.95. The number of alkyl carbamates (subject to hydrolysis) is 1. The van der Waals surface area contributed by atoms with Crippen molar-refractivity contribution in [3.05, 3.63) is 71.8 Å². The van der Waals surface area contributed by atoms with Gasteiger partial charge in [-0.25, -0.2) is 9.78 Å². The molecule has 1 atom stereocenters. The predicted molar refractivity (Wildman–Crippen MR) is 155 cm³/mol. The third-order valence-corrected chi connectivity index (χ3v) is 6.64. The molecule has 5 rings (SSSR count). The number of carbonyl (C=O) groups excluding carboxylic acids is 1. The Morgan fingerprint density at radius 2 is 1.77 bits per heavy atom. The Bertz CT molecular complexity index is 1430. The van der Waals surface area contributed by atoms with Crippen LogP contribution in [0.3, 0.4) is 0 Å². The Labute approximate surface area is 239 Å². The summed E-state index contributed by atoms with van der Waals surface area (Å²) < 4.78 is 23.2. The zero-order chi connectivity index (χ0) is 28.1. The molecule has 2 heterocycles. The normalized spacial score (nSPS) is 15.8. The molecule has 3 aromatic carbocycles. The molecule has 1 aliphatic heterocycles. The number of hydrogen-bond acceptors (Lipinski definition) is 7. The summed E-state index contributed by atoms with van der Waals surface area (Å²) in [5.74, 6) is 2.70. The van der Waals surface area contributed by atoms with Crippen LogP contribution in [0.1, 0.15) is 33.6 Å². The van der Waals surface area contributed by atoms with Gasteiger partial charge in [-0.3, -0.25) is 0 Å². The van der Waals surface area contributed by atoms with Crippen molar-refractivity contribution in [2.24, 2.45) is 0 Å². The quantitative estimate of drug-likeness (QED) is 0.214. The highest BCUT2D eigenvalue weighted by atomic mass is 35.5. The fraction of sp³-hybridized carbons (Fsp3) is 0.355. The second-order valence-electron chi connectivity index (χ2n) is 10.9. The van der Waals surface area contributed by atoms with Crippen LogP contribution in [0, 0.1) is 0 Å². The number of nitrogens with one attached hydrogen (secondary N) is 1. The summed E-state index contributed by atoms with van der Waals surface area (Å²) in [6.45, 7) is 8.91. The average molecular weight is 564 g/mol. The topological polar surface area (TPSA) is 86.1 Å². The number of ether oxygens (including phenoxy) is 3. The van der Waals surface area contributed by atoms with Crippen LogP contribution in [0.4, 0.5) is 4.79 Å². The van der Waals surface area contributed by atoms with E-state index in [2.05, 4.69) is 15.2 Å². The van der Waals surface area contributed by atoms with Gasteiger partial charge in [0, 0.05) is 42.3 Å². The van der Waals surface area contributed by atoms with E-state index in [-0.39, 0.29) is 12.1 Å². The maximum atomic E-state index is 12.0. The van der Waals surface area contributed by atoms with Crippen LogP contribution in [0.2, 0.25) is 5.02 Å². The van der Waals surface area contributed by atoms with Gasteiger partial charge < -0.3 is 28.8 Å². The number of benzene rings is 3. The number of aromatic nitrogens is 1. The zero-order valence-corrected chi connectivity index (χ0v) is 23.7. The first kappa shape index (κ1) is 27.8. The summed E-state index contributed by atoms with van der Waals surface area (Å²) in [7, 11) is 0. The third kappa shape index (κ3) is 7.67. The van der Waals surface area contributed by atoms with Crippen molar-refractivity contribution < 1.29 is 23.4 Å². The Balaban J connectivity index is 1.07. The third-order valence-electron chi connectivity index (χ3n) is 6.39. The van der Waals surface area contributed by atoms with Gasteiger partial charge in [0.1, 0.15) is 28.4 Å². The molecule has 1 fully saturated rings. The van der Waals surface area contributed by atoms with Crippen molar-refractivity contribution in [1.29, 1.82) is 0 Å². The van der Waals surface area contributed by atoms with Gasteiger partial charge in [-0.15, -0.1) is 0 Å². The summed E-state index contributed by atoms with van der Waals surface area (Å²) in [4.78, 5) is 19.0. The molecule has 1 N–H and O–H groups in total. The molecule has 8 nitrogen and oxygen atoms in total. The molecule has 9 heteroatoms. The minimum absolute atomic E-state index is 0.123. The van der Waals surface area contributed by atoms with Crippen LogP contribution in [0.25, 0.3) is 22.6 Å². The number of likely N-dealkylation sites (tertiary alicyclic amines) is 1. The van der Waals surface area contributed by atoms with Gasteiger partial charge >= 0.3 is 6.09 Å². The summed E-state index contributed by atoms with van der Waals surface area (Å²) in [6.07, 6.45) is 1.47. The highest BCUT2D eigenvalue weighted by Gasteiger charge is 2.25. The zero-order valence-electron chi connectivity index (χ0n) is 23.0. The number of nitrogens with zero attached hydrogens (tertiary/aromatic N) is 2. The van der Waals surface area contributed by atoms with Crippen molar-refractivity contribution in [3.63, 3.8) is 0 Å². The molecule has 0 spiro atoms.